The Morgan fingerprint density at radius 3 is 2.52 bits per heavy atom. The van der Waals surface area contributed by atoms with Crippen molar-refractivity contribution in [3.63, 3.8) is 0 Å². The molecule has 7 nitrogen and oxygen atoms in total. The molecule has 0 fully saturated rings. The summed E-state index contributed by atoms with van der Waals surface area (Å²) >= 11 is 0. The van der Waals surface area contributed by atoms with Gasteiger partial charge in [0.1, 0.15) is 5.56 Å². The molecule has 0 spiro atoms. The predicted molar refractivity (Wildman–Crippen MR) is 101 cm³/mol. The van der Waals surface area contributed by atoms with E-state index in [0.29, 0.717) is 5.69 Å². The average Bonchev–Trinajstić information content (AvgIpc) is 2.99. The van der Waals surface area contributed by atoms with Gasteiger partial charge < -0.3 is 20.3 Å². The van der Waals surface area contributed by atoms with E-state index in [9.17, 15) is 9.59 Å². The highest BCUT2D eigenvalue weighted by atomic mass is 16.5. The number of esters is 1. The first-order valence-corrected chi connectivity index (χ1v) is 8.58. The van der Waals surface area contributed by atoms with E-state index in [0.717, 1.165) is 16.3 Å². The van der Waals surface area contributed by atoms with Gasteiger partial charge in [-0.1, -0.05) is 41.6 Å². The first kappa shape index (κ1) is 18.4. The third-order valence-corrected chi connectivity index (χ3v) is 4.38. The van der Waals surface area contributed by atoms with Gasteiger partial charge >= 0.3 is 5.97 Å². The van der Waals surface area contributed by atoms with Gasteiger partial charge in [0, 0.05) is 0 Å². The number of anilines is 1. The highest BCUT2D eigenvalue weighted by Gasteiger charge is 2.25. The molecular formula is C20H21N3O4. The van der Waals surface area contributed by atoms with Crippen molar-refractivity contribution in [1.82, 2.24) is 10.5 Å². The monoisotopic (exact) mass is 367 g/mol. The molecule has 140 valence electrons. The molecule has 0 aliphatic heterocycles. The molecule has 27 heavy (non-hydrogen) atoms. The van der Waals surface area contributed by atoms with Crippen LogP contribution < -0.4 is 11.1 Å². The van der Waals surface area contributed by atoms with Crippen LogP contribution in [0.1, 0.15) is 41.5 Å². The summed E-state index contributed by atoms with van der Waals surface area (Å²) in [5.74, 6) is -1.28. The van der Waals surface area contributed by atoms with Gasteiger partial charge in [-0.25, -0.2) is 4.79 Å². The highest BCUT2D eigenvalue weighted by Crippen LogP contribution is 2.21. The molecule has 2 aromatic carbocycles. The van der Waals surface area contributed by atoms with E-state index >= 15 is 0 Å². The van der Waals surface area contributed by atoms with Crippen molar-refractivity contribution in [2.75, 3.05) is 5.73 Å². The molecule has 1 aromatic heterocycles. The number of aryl methyl sites for hydroxylation is 1. The lowest BCUT2D eigenvalue weighted by atomic mass is 10.0. The van der Waals surface area contributed by atoms with Gasteiger partial charge in [0.2, 0.25) is 5.88 Å². The first-order chi connectivity index (χ1) is 12.9. The van der Waals surface area contributed by atoms with Crippen LogP contribution in [0, 0.1) is 6.92 Å². The zero-order chi connectivity index (χ0) is 19.6. The Bertz CT molecular complexity index is 976. The zero-order valence-corrected chi connectivity index (χ0v) is 15.4. The molecule has 0 radical (unpaired) electrons. The Balaban J connectivity index is 1.65. The van der Waals surface area contributed by atoms with Crippen LogP contribution in [0.5, 0.6) is 0 Å². The summed E-state index contributed by atoms with van der Waals surface area (Å²) in [6.45, 7) is 4.95. The molecule has 7 heteroatoms. The number of nitrogens with two attached hydrogens (primary N) is 1. The van der Waals surface area contributed by atoms with Crippen molar-refractivity contribution in [3.05, 3.63) is 59.3 Å². The van der Waals surface area contributed by atoms with Crippen molar-refractivity contribution >= 4 is 28.5 Å². The maximum atomic E-state index is 12.4. The number of fused-ring (bicyclic) bond motifs is 1. The molecule has 3 rings (SSSR count). The highest BCUT2D eigenvalue weighted by molar-refractivity contribution is 5.96. The van der Waals surface area contributed by atoms with E-state index in [1.165, 1.54) is 6.92 Å². The molecule has 1 amide bonds. The van der Waals surface area contributed by atoms with Gasteiger partial charge in [0.05, 0.1) is 11.7 Å². The van der Waals surface area contributed by atoms with E-state index in [1.807, 2.05) is 49.4 Å². The fourth-order valence-electron chi connectivity index (χ4n) is 2.80. The smallest absolute Gasteiger partial charge is 0.346 e. The summed E-state index contributed by atoms with van der Waals surface area (Å²) in [5.41, 5.74) is 6.88. The van der Waals surface area contributed by atoms with Crippen molar-refractivity contribution in [3.8, 4) is 0 Å². The van der Waals surface area contributed by atoms with Crippen molar-refractivity contribution in [2.24, 2.45) is 0 Å². The van der Waals surface area contributed by atoms with Gasteiger partial charge in [0.25, 0.3) is 5.91 Å². The zero-order valence-electron chi connectivity index (χ0n) is 15.4. The summed E-state index contributed by atoms with van der Waals surface area (Å²) in [5, 5.41) is 8.68. The van der Waals surface area contributed by atoms with Crippen LogP contribution in [-0.4, -0.2) is 23.1 Å². The second-order valence-corrected chi connectivity index (χ2v) is 6.39. The van der Waals surface area contributed by atoms with E-state index in [4.69, 9.17) is 15.0 Å². The Hall–Kier alpha value is -3.35. The molecule has 0 aliphatic carbocycles. The minimum absolute atomic E-state index is 0.0391. The number of nitrogens with zero attached hydrogens (tertiary/aromatic N) is 1. The number of rotatable bonds is 5. The van der Waals surface area contributed by atoms with Gasteiger partial charge in [-0.15, -0.1) is 0 Å². The number of benzene rings is 2. The SMILES string of the molecule is Cc1noc(N)c1C(=O)OC(C)C(=O)NC(C)c1ccc2ccccc2c1. The van der Waals surface area contributed by atoms with Gasteiger partial charge in [-0.3, -0.25) is 4.79 Å². The van der Waals surface area contributed by atoms with Crippen LogP contribution in [0.25, 0.3) is 10.8 Å². The number of hydrogen-bond acceptors (Lipinski definition) is 6. The number of hydrogen-bond donors (Lipinski definition) is 2. The van der Waals surface area contributed by atoms with Crippen molar-refractivity contribution in [1.29, 1.82) is 0 Å². The minimum Gasteiger partial charge on any atom is -0.449 e. The van der Waals surface area contributed by atoms with Crippen LogP contribution in [0.3, 0.4) is 0 Å². The number of aromatic nitrogens is 1. The molecule has 0 saturated carbocycles. The van der Waals surface area contributed by atoms with E-state index in [2.05, 4.69) is 10.5 Å². The Morgan fingerprint density at radius 1 is 1.15 bits per heavy atom. The number of carbonyl (C=O) groups is 2. The van der Waals surface area contributed by atoms with E-state index in [1.54, 1.807) is 6.92 Å². The van der Waals surface area contributed by atoms with E-state index in [-0.39, 0.29) is 17.5 Å². The predicted octanol–water partition coefficient (Wildman–Crippen LogP) is 3.14. The van der Waals surface area contributed by atoms with Crippen LogP contribution >= 0.6 is 0 Å². The lowest BCUT2D eigenvalue weighted by molar-refractivity contribution is -0.129. The van der Waals surface area contributed by atoms with Crippen LogP contribution in [-0.2, 0) is 9.53 Å². The second kappa shape index (κ2) is 7.49. The fourth-order valence-corrected chi connectivity index (χ4v) is 2.80. The summed E-state index contributed by atoms with van der Waals surface area (Å²) in [6.07, 6.45) is -0.992. The Kier molecular flexibility index (Phi) is 5.12. The average molecular weight is 367 g/mol. The number of carbonyl (C=O) groups excluding carboxylic acids is 2. The topological polar surface area (TPSA) is 107 Å². The minimum atomic E-state index is -0.992. The molecule has 1 heterocycles. The van der Waals surface area contributed by atoms with Crippen molar-refractivity contribution < 1.29 is 18.8 Å². The third-order valence-electron chi connectivity index (χ3n) is 4.38. The summed E-state index contributed by atoms with van der Waals surface area (Å²) < 4.78 is 9.94. The third kappa shape index (κ3) is 3.92. The second-order valence-electron chi connectivity index (χ2n) is 6.39. The first-order valence-electron chi connectivity index (χ1n) is 8.58. The van der Waals surface area contributed by atoms with Gasteiger partial charge in [-0.05, 0) is 43.2 Å². The molecule has 2 unspecified atom stereocenters. The molecule has 0 saturated heterocycles. The molecule has 2 atom stereocenters. The van der Waals surface area contributed by atoms with Gasteiger partial charge in [-0.2, -0.15) is 0 Å². The largest absolute Gasteiger partial charge is 0.449 e. The number of amides is 1. The lowest BCUT2D eigenvalue weighted by Gasteiger charge is -2.18. The molecule has 0 aliphatic rings. The summed E-state index contributed by atoms with van der Waals surface area (Å²) in [4.78, 5) is 24.6. The maximum Gasteiger partial charge on any atom is 0.346 e. The summed E-state index contributed by atoms with van der Waals surface area (Å²) in [6, 6.07) is 13.7. The van der Waals surface area contributed by atoms with Crippen LogP contribution in [0.2, 0.25) is 0 Å². The number of nitrogens with one attached hydrogen (secondary N) is 1. The standard InChI is InChI=1S/C20H21N3O4/c1-11(15-9-8-14-6-4-5-7-16(14)10-15)22-19(24)13(3)26-20(25)17-12(2)23-27-18(17)21/h4-11,13H,21H2,1-3H3,(H,22,24). The maximum absolute atomic E-state index is 12.4. The van der Waals surface area contributed by atoms with Crippen LogP contribution in [0.15, 0.2) is 47.0 Å². The van der Waals surface area contributed by atoms with Gasteiger partial charge in [0.15, 0.2) is 6.10 Å². The Labute approximate surface area is 156 Å². The van der Waals surface area contributed by atoms with Crippen LogP contribution in [0.4, 0.5) is 5.88 Å². The van der Waals surface area contributed by atoms with E-state index < -0.39 is 18.0 Å². The van der Waals surface area contributed by atoms with Crippen molar-refractivity contribution in [2.45, 2.75) is 32.9 Å². The molecule has 3 N–H and O–H groups in total. The number of nitrogen functional groups attached to an aromatic ring is 1. The lowest BCUT2D eigenvalue weighted by Crippen LogP contribution is -2.37. The summed E-state index contributed by atoms with van der Waals surface area (Å²) in [7, 11) is 0. The quantitative estimate of drug-likeness (QED) is 0.671. The fraction of sp³-hybridized carbons (Fsp3) is 0.250. The molecule has 0 bridgehead atoms. The normalized spacial score (nSPS) is 13.1. The molecule has 3 aromatic rings. The molecular weight excluding hydrogens is 346 g/mol. The Morgan fingerprint density at radius 2 is 1.85 bits per heavy atom. The number of ether oxygens (including phenoxy) is 1.